The van der Waals surface area contributed by atoms with Gasteiger partial charge in [-0.1, -0.05) is 65.3 Å². The maximum atomic E-state index is 13.0. The smallest absolute Gasteiger partial charge is 0.325 e. The number of terminal acetylenes is 1. The van der Waals surface area contributed by atoms with E-state index in [9.17, 15) is 9.59 Å². The van der Waals surface area contributed by atoms with E-state index in [0.29, 0.717) is 12.3 Å². The molecular formula is C26H28BrN3O4. The highest BCUT2D eigenvalue weighted by Gasteiger charge is 2.32. The largest absolute Gasteiger partial charge is 0.486 e. The average Bonchev–Trinajstić information content (AvgIpc) is 2.86. The Hall–Kier alpha value is -3.57. The molecule has 0 saturated heterocycles. The van der Waals surface area contributed by atoms with Crippen LogP contribution < -0.4 is 5.32 Å². The number of hydrogen-bond acceptors (Lipinski definition) is 6. The van der Waals surface area contributed by atoms with Gasteiger partial charge in [0.2, 0.25) is 0 Å². The Bertz CT molecular complexity index is 1090. The van der Waals surface area contributed by atoms with Crippen LogP contribution in [0.15, 0.2) is 63.8 Å². The molecule has 0 atom stereocenters. The fourth-order valence-electron chi connectivity index (χ4n) is 3.05. The molecule has 7 nitrogen and oxygen atoms in total. The Morgan fingerprint density at radius 3 is 2.56 bits per heavy atom. The van der Waals surface area contributed by atoms with E-state index in [-0.39, 0.29) is 18.8 Å². The number of esters is 1. The van der Waals surface area contributed by atoms with E-state index in [1.165, 1.54) is 7.11 Å². The molecular weight excluding hydrogens is 498 g/mol. The summed E-state index contributed by atoms with van der Waals surface area (Å²) in [6.07, 6.45) is 7.23. The number of nitrogens with zero attached hydrogens (tertiary/aromatic N) is 2. The Morgan fingerprint density at radius 2 is 1.94 bits per heavy atom. The van der Waals surface area contributed by atoms with Gasteiger partial charge in [0.05, 0.1) is 13.7 Å². The molecule has 1 aliphatic heterocycles. The SMILES string of the molecule is C#CCC.C/C=N\N1Cc2c(Br)cccc2C(OCc2ccccc2)=C1C(=O)NCC(=O)OC. The van der Waals surface area contributed by atoms with Crippen molar-refractivity contribution in [2.45, 2.75) is 33.4 Å². The molecule has 1 amide bonds. The first-order valence-electron chi connectivity index (χ1n) is 10.7. The number of nitrogens with one attached hydrogen (secondary N) is 1. The number of fused-ring (bicyclic) bond motifs is 1. The number of hydrogen-bond donors (Lipinski definition) is 1. The predicted molar refractivity (Wildman–Crippen MR) is 136 cm³/mol. The monoisotopic (exact) mass is 525 g/mol. The van der Waals surface area contributed by atoms with Crippen LogP contribution >= 0.6 is 15.9 Å². The first-order valence-corrected chi connectivity index (χ1v) is 11.5. The van der Waals surface area contributed by atoms with Gasteiger partial charge in [0.1, 0.15) is 13.2 Å². The number of carbonyl (C=O) groups is 2. The first-order chi connectivity index (χ1) is 16.5. The Morgan fingerprint density at radius 1 is 1.24 bits per heavy atom. The van der Waals surface area contributed by atoms with E-state index in [4.69, 9.17) is 11.2 Å². The van der Waals surface area contributed by atoms with Gasteiger partial charge in [-0.2, -0.15) is 5.10 Å². The number of benzene rings is 2. The standard InChI is InChI=1S/C22H22BrN3O4.C4H6/c1-3-25-26-13-17-16(10-7-11-18(17)23)21(30-14-15-8-5-4-6-9-15)20(26)22(28)24-12-19(27)29-2;1-3-4-2/h3-11H,12-14H2,1-2H3,(H,24,28);1H,4H2,2H3/b25-3-;. The van der Waals surface area contributed by atoms with Crippen LogP contribution in [-0.2, 0) is 32.2 Å². The number of ether oxygens (including phenoxy) is 2. The first kappa shape index (κ1) is 26.7. The van der Waals surface area contributed by atoms with Crippen molar-refractivity contribution in [3.63, 3.8) is 0 Å². The summed E-state index contributed by atoms with van der Waals surface area (Å²) in [5, 5.41) is 8.51. The predicted octanol–water partition coefficient (Wildman–Crippen LogP) is 4.47. The van der Waals surface area contributed by atoms with Crippen LogP contribution in [0.3, 0.4) is 0 Å². The molecule has 1 heterocycles. The minimum atomic E-state index is -0.541. The molecule has 34 heavy (non-hydrogen) atoms. The lowest BCUT2D eigenvalue weighted by atomic mass is 10.00. The van der Waals surface area contributed by atoms with Gasteiger partial charge >= 0.3 is 5.97 Å². The molecule has 0 aliphatic carbocycles. The third-order valence-corrected chi connectivity index (χ3v) is 5.41. The number of hydrazone groups is 1. The zero-order valence-corrected chi connectivity index (χ0v) is 21.1. The van der Waals surface area contributed by atoms with Crippen LogP contribution in [0.1, 0.15) is 37.0 Å². The summed E-state index contributed by atoms with van der Waals surface area (Å²) < 4.78 is 11.7. The summed E-state index contributed by atoms with van der Waals surface area (Å²) in [6, 6.07) is 15.4. The summed E-state index contributed by atoms with van der Waals surface area (Å²) in [4.78, 5) is 24.5. The Kier molecular flexibility index (Phi) is 10.9. The number of methoxy groups -OCH3 is 1. The lowest BCUT2D eigenvalue weighted by molar-refractivity contribution is -0.140. The van der Waals surface area contributed by atoms with Crippen molar-refractivity contribution in [2.24, 2.45) is 5.10 Å². The molecule has 0 radical (unpaired) electrons. The van der Waals surface area contributed by atoms with Crippen molar-refractivity contribution < 1.29 is 19.1 Å². The Labute approximate surface area is 209 Å². The highest BCUT2D eigenvalue weighted by molar-refractivity contribution is 9.10. The lowest BCUT2D eigenvalue weighted by Gasteiger charge is -2.31. The zero-order valence-electron chi connectivity index (χ0n) is 19.5. The second kappa shape index (κ2) is 13.9. The van der Waals surface area contributed by atoms with Gasteiger partial charge < -0.3 is 14.8 Å². The van der Waals surface area contributed by atoms with Crippen LogP contribution in [0, 0.1) is 12.3 Å². The molecule has 3 rings (SSSR count). The van der Waals surface area contributed by atoms with Crippen LogP contribution in [-0.4, -0.2) is 36.8 Å². The molecule has 1 N–H and O–H groups in total. The molecule has 0 spiro atoms. The lowest BCUT2D eigenvalue weighted by Crippen LogP contribution is -2.38. The van der Waals surface area contributed by atoms with Crippen molar-refractivity contribution >= 4 is 39.8 Å². The summed E-state index contributed by atoms with van der Waals surface area (Å²) in [5.74, 6) is 1.81. The topological polar surface area (TPSA) is 80.2 Å². The highest BCUT2D eigenvalue weighted by atomic mass is 79.9. The van der Waals surface area contributed by atoms with Gasteiger partial charge in [-0.05, 0) is 24.1 Å². The molecule has 0 unspecified atom stereocenters. The number of carbonyl (C=O) groups excluding carboxylic acids is 2. The van der Waals surface area contributed by atoms with E-state index < -0.39 is 11.9 Å². The van der Waals surface area contributed by atoms with Crippen LogP contribution in [0.2, 0.25) is 0 Å². The van der Waals surface area contributed by atoms with Crippen LogP contribution in [0.25, 0.3) is 5.76 Å². The van der Waals surface area contributed by atoms with Gasteiger partial charge in [0.15, 0.2) is 11.5 Å². The van der Waals surface area contributed by atoms with Crippen molar-refractivity contribution in [2.75, 3.05) is 13.7 Å². The van der Waals surface area contributed by atoms with Crippen molar-refractivity contribution in [3.8, 4) is 12.3 Å². The number of rotatable bonds is 7. The maximum absolute atomic E-state index is 13.0. The number of amides is 1. The van der Waals surface area contributed by atoms with Crippen molar-refractivity contribution in [3.05, 3.63) is 75.4 Å². The maximum Gasteiger partial charge on any atom is 0.325 e. The molecule has 178 valence electrons. The van der Waals surface area contributed by atoms with Crippen LogP contribution in [0.4, 0.5) is 0 Å². The van der Waals surface area contributed by atoms with Gasteiger partial charge in [-0.15, -0.1) is 12.3 Å². The minimum Gasteiger partial charge on any atom is -0.486 e. The third-order valence-electron chi connectivity index (χ3n) is 4.67. The number of halogens is 1. The molecule has 0 aromatic heterocycles. The van der Waals surface area contributed by atoms with Gasteiger partial charge in [0, 0.05) is 22.7 Å². The van der Waals surface area contributed by atoms with E-state index >= 15 is 0 Å². The second-order valence-corrected chi connectivity index (χ2v) is 7.82. The van der Waals surface area contributed by atoms with Crippen molar-refractivity contribution in [1.82, 2.24) is 10.3 Å². The van der Waals surface area contributed by atoms with Gasteiger partial charge in [-0.3, -0.25) is 14.6 Å². The van der Waals surface area contributed by atoms with E-state index in [1.54, 1.807) is 18.1 Å². The van der Waals surface area contributed by atoms with Gasteiger partial charge in [0.25, 0.3) is 5.91 Å². The average molecular weight is 526 g/mol. The molecule has 8 heteroatoms. The van der Waals surface area contributed by atoms with Crippen molar-refractivity contribution in [1.29, 1.82) is 0 Å². The zero-order chi connectivity index (χ0) is 24.9. The molecule has 2 aromatic rings. The minimum absolute atomic E-state index is 0.235. The van der Waals surface area contributed by atoms with E-state index in [2.05, 4.69) is 37.0 Å². The Balaban J connectivity index is 0.000000945. The molecule has 0 bridgehead atoms. The molecule has 0 fully saturated rings. The summed E-state index contributed by atoms with van der Waals surface area (Å²) in [5.41, 5.74) is 2.95. The van der Waals surface area contributed by atoms with Gasteiger partial charge in [-0.25, -0.2) is 0 Å². The summed E-state index contributed by atoms with van der Waals surface area (Å²) in [7, 11) is 1.27. The van der Waals surface area contributed by atoms with E-state index in [1.807, 2.05) is 55.5 Å². The van der Waals surface area contributed by atoms with E-state index in [0.717, 1.165) is 27.6 Å². The summed E-state index contributed by atoms with van der Waals surface area (Å²) in [6.45, 7) is 4.11. The fourth-order valence-corrected chi connectivity index (χ4v) is 3.54. The fraction of sp³-hybridized carbons (Fsp3) is 0.269. The highest BCUT2D eigenvalue weighted by Crippen LogP contribution is 2.37. The summed E-state index contributed by atoms with van der Waals surface area (Å²) >= 11 is 3.58. The quantitative estimate of drug-likeness (QED) is 0.327. The molecule has 1 aliphatic rings. The normalized spacial score (nSPS) is 12.3. The molecule has 0 saturated carbocycles. The van der Waals surface area contributed by atoms with Crippen LogP contribution in [0.5, 0.6) is 0 Å². The third kappa shape index (κ3) is 7.22. The molecule has 2 aromatic carbocycles. The second-order valence-electron chi connectivity index (χ2n) is 6.97.